The normalized spacial score (nSPS) is 32.1. The highest BCUT2D eigenvalue weighted by Gasteiger charge is 2.21. The van der Waals surface area contributed by atoms with Crippen molar-refractivity contribution in [3.8, 4) is 0 Å². The summed E-state index contributed by atoms with van der Waals surface area (Å²) in [7, 11) is 0. The maximum absolute atomic E-state index is 5.66. The summed E-state index contributed by atoms with van der Waals surface area (Å²) in [6, 6.07) is 0.506. The van der Waals surface area contributed by atoms with Gasteiger partial charge in [-0.2, -0.15) is 0 Å². The van der Waals surface area contributed by atoms with Crippen LogP contribution in [0.2, 0.25) is 0 Å². The van der Waals surface area contributed by atoms with Gasteiger partial charge in [0, 0.05) is 19.3 Å². The molecule has 3 heteroatoms. The lowest BCUT2D eigenvalue weighted by atomic mass is 10.1. The second-order valence-corrected chi connectivity index (χ2v) is 5.07. The molecular weight excluding hydrogens is 202 g/mol. The summed E-state index contributed by atoms with van der Waals surface area (Å²) in [6.07, 6.45) is 8.40. The predicted molar refractivity (Wildman–Crippen MR) is 64.6 cm³/mol. The molecule has 16 heavy (non-hydrogen) atoms. The van der Waals surface area contributed by atoms with Gasteiger partial charge in [-0.05, 0) is 52.0 Å². The van der Waals surface area contributed by atoms with Crippen molar-refractivity contribution in [2.24, 2.45) is 0 Å². The van der Waals surface area contributed by atoms with Crippen LogP contribution < -0.4 is 5.32 Å². The van der Waals surface area contributed by atoms with Crippen LogP contribution in [0.4, 0.5) is 0 Å². The maximum Gasteiger partial charge on any atom is 0.0726 e. The minimum Gasteiger partial charge on any atom is -0.378 e. The van der Waals surface area contributed by atoms with E-state index in [0.717, 1.165) is 19.8 Å². The SMILES string of the molecule is CC(NCCCC1CCCO1)C1CCCO1. The minimum absolute atomic E-state index is 0.447. The van der Waals surface area contributed by atoms with Crippen LogP contribution in [0, 0.1) is 0 Å². The Hall–Kier alpha value is -0.120. The van der Waals surface area contributed by atoms with Crippen molar-refractivity contribution >= 4 is 0 Å². The predicted octanol–water partition coefficient (Wildman–Crippen LogP) is 2.10. The smallest absolute Gasteiger partial charge is 0.0726 e. The van der Waals surface area contributed by atoms with Crippen molar-refractivity contribution in [1.29, 1.82) is 0 Å². The van der Waals surface area contributed by atoms with Crippen LogP contribution in [0.15, 0.2) is 0 Å². The molecule has 0 aliphatic carbocycles. The Morgan fingerprint density at radius 1 is 1.19 bits per heavy atom. The van der Waals surface area contributed by atoms with Crippen LogP contribution in [0.3, 0.4) is 0 Å². The molecule has 3 nitrogen and oxygen atoms in total. The van der Waals surface area contributed by atoms with Gasteiger partial charge in [-0.15, -0.1) is 0 Å². The van der Waals surface area contributed by atoms with E-state index in [4.69, 9.17) is 9.47 Å². The van der Waals surface area contributed by atoms with Crippen molar-refractivity contribution in [3.05, 3.63) is 0 Å². The van der Waals surface area contributed by atoms with E-state index in [1.54, 1.807) is 0 Å². The zero-order chi connectivity index (χ0) is 11.2. The molecule has 94 valence electrons. The fraction of sp³-hybridized carbons (Fsp3) is 1.00. The van der Waals surface area contributed by atoms with E-state index in [-0.39, 0.29) is 0 Å². The van der Waals surface area contributed by atoms with Crippen molar-refractivity contribution in [1.82, 2.24) is 5.32 Å². The van der Waals surface area contributed by atoms with Crippen LogP contribution in [-0.4, -0.2) is 38.0 Å². The Kier molecular flexibility index (Phi) is 5.07. The lowest BCUT2D eigenvalue weighted by molar-refractivity contribution is 0.0814. The average molecular weight is 227 g/mol. The average Bonchev–Trinajstić information content (AvgIpc) is 2.96. The number of hydrogen-bond acceptors (Lipinski definition) is 3. The third-order valence-electron chi connectivity index (χ3n) is 3.72. The van der Waals surface area contributed by atoms with E-state index in [0.29, 0.717) is 18.2 Å². The molecule has 0 radical (unpaired) electrons. The minimum atomic E-state index is 0.447. The Morgan fingerprint density at radius 3 is 2.69 bits per heavy atom. The molecular formula is C13H25NO2. The van der Waals surface area contributed by atoms with Crippen LogP contribution in [0.5, 0.6) is 0 Å². The van der Waals surface area contributed by atoms with Gasteiger partial charge in [0.05, 0.1) is 12.2 Å². The lowest BCUT2D eigenvalue weighted by Crippen LogP contribution is -2.37. The van der Waals surface area contributed by atoms with Gasteiger partial charge in [-0.3, -0.25) is 0 Å². The van der Waals surface area contributed by atoms with E-state index in [1.807, 2.05) is 0 Å². The maximum atomic E-state index is 5.66. The Bertz CT molecular complexity index is 186. The molecule has 2 aliphatic rings. The van der Waals surface area contributed by atoms with Gasteiger partial charge in [-0.25, -0.2) is 0 Å². The van der Waals surface area contributed by atoms with Crippen molar-refractivity contribution in [3.63, 3.8) is 0 Å². The molecule has 2 rings (SSSR count). The standard InChI is InChI=1S/C13H25NO2/c1-11(13-7-4-10-16-13)14-8-2-5-12-6-3-9-15-12/h11-14H,2-10H2,1H3. The van der Waals surface area contributed by atoms with Gasteiger partial charge in [-0.1, -0.05) is 0 Å². The summed E-state index contributed by atoms with van der Waals surface area (Å²) in [5.41, 5.74) is 0. The highest BCUT2D eigenvalue weighted by molar-refractivity contribution is 4.76. The van der Waals surface area contributed by atoms with Crippen LogP contribution in [-0.2, 0) is 9.47 Å². The van der Waals surface area contributed by atoms with E-state index in [2.05, 4.69) is 12.2 Å². The highest BCUT2D eigenvalue weighted by atomic mass is 16.5. The molecule has 2 aliphatic heterocycles. The first-order chi connectivity index (χ1) is 7.86. The van der Waals surface area contributed by atoms with Crippen LogP contribution in [0.1, 0.15) is 45.4 Å². The zero-order valence-electron chi connectivity index (χ0n) is 10.4. The fourth-order valence-corrected chi connectivity index (χ4v) is 2.66. The van der Waals surface area contributed by atoms with Crippen molar-refractivity contribution in [2.75, 3.05) is 19.8 Å². The Balaban J connectivity index is 1.50. The zero-order valence-corrected chi connectivity index (χ0v) is 10.4. The van der Waals surface area contributed by atoms with Gasteiger partial charge < -0.3 is 14.8 Å². The molecule has 0 bridgehead atoms. The molecule has 3 unspecified atom stereocenters. The van der Waals surface area contributed by atoms with E-state index in [1.165, 1.54) is 38.5 Å². The highest BCUT2D eigenvalue weighted by Crippen LogP contribution is 2.17. The number of nitrogens with one attached hydrogen (secondary N) is 1. The summed E-state index contributed by atoms with van der Waals surface area (Å²) in [4.78, 5) is 0. The molecule has 0 aromatic heterocycles. The van der Waals surface area contributed by atoms with Gasteiger partial charge in [0.2, 0.25) is 0 Å². The summed E-state index contributed by atoms with van der Waals surface area (Å²) in [5.74, 6) is 0. The topological polar surface area (TPSA) is 30.5 Å². The summed E-state index contributed by atoms with van der Waals surface area (Å²) in [6.45, 7) is 5.26. The number of hydrogen-bond donors (Lipinski definition) is 1. The van der Waals surface area contributed by atoms with Crippen LogP contribution >= 0.6 is 0 Å². The van der Waals surface area contributed by atoms with Gasteiger partial charge >= 0.3 is 0 Å². The van der Waals surface area contributed by atoms with Gasteiger partial charge in [0.25, 0.3) is 0 Å². The largest absolute Gasteiger partial charge is 0.378 e. The summed E-state index contributed by atoms with van der Waals surface area (Å²) < 4.78 is 11.3. The first kappa shape index (κ1) is 12.3. The molecule has 0 saturated carbocycles. The van der Waals surface area contributed by atoms with Gasteiger partial charge in [0.1, 0.15) is 0 Å². The molecule has 0 aromatic carbocycles. The molecule has 2 saturated heterocycles. The summed E-state index contributed by atoms with van der Waals surface area (Å²) in [5, 5.41) is 3.57. The number of ether oxygens (including phenoxy) is 2. The van der Waals surface area contributed by atoms with E-state index >= 15 is 0 Å². The van der Waals surface area contributed by atoms with Gasteiger partial charge in [0.15, 0.2) is 0 Å². The molecule has 3 atom stereocenters. The molecule has 0 aromatic rings. The van der Waals surface area contributed by atoms with Crippen molar-refractivity contribution < 1.29 is 9.47 Å². The number of rotatable bonds is 6. The quantitative estimate of drug-likeness (QED) is 0.705. The van der Waals surface area contributed by atoms with Crippen molar-refractivity contribution in [2.45, 2.75) is 63.7 Å². The second kappa shape index (κ2) is 6.58. The molecule has 2 heterocycles. The molecule has 0 amide bonds. The molecule has 0 spiro atoms. The third-order valence-corrected chi connectivity index (χ3v) is 3.72. The second-order valence-electron chi connectivity index (χ2n) is 5.07. The fourth-order valence-electron chi connectivity index (χ4n) is 2.66. The lowest BCUT2D eigenvalue weighted by Gasteiger charge is -2.20. The Labute approximate surface area is 98.9 Å². The summed E-state index contributed by atoms with van der Waals surface area (Å²) >= 11 is 0. The molecule has 1 N–H and O–H groups in total. The Morgan fingerprint density at radius 2 is 2.00 bits per heavy atom. The first-order valence-electron chi connectivity index (χ1n) is 6.83. The first-order valence-corrected chi connectivity index (χ1v) is 6.83. The van der Waals surface area contributed by atoms with Crippen LogP contribution in [0.25, 0.3) is 0 Å². The van der Waals surface area contributed by atoms with E-state index in [9.17, 15) is 0 Å². The molecule has 2 fully saturated rings. The monoisotopic (exact) mass is 227 g/mol. The van der Waals surface area contributed by atoms with E-state index < -0.39 is 0 Å². The third kappa shape index (κ3) is 3.72.